The summed E-state index contributed by atoms with van der Waals surface area (Å²) in [4.78, 5) is 27.0. The molecule has 1 heterocycles. The molecule has 1 aromatic heterocycles. The number of likely N-dealkylation sites (N-methyl/N-ethyl adjacent to an activating group) is 1. The van der Waals surface area contributed by atoms with Crippen LogP contribution in [0.3, 0.4) is 0 Å². The number of ether oxygens (including phenoxy) is 3. The number of carboxylic acids is 1. The third-order valence-corrected chi connectivity index (χ3v) is 6.69. The highest BCUT2D eigenvalue weighted by Gasteiger charge is 2.38. The number of hydrogen-bond acceptors (Lipinski definition) is 8. The quantitative estimate of drug-likeness (QED) is 0.122. The highest BCUT2D eigenvalue weighted by Crippen LogP contribution is 2.35. The second kappa shape index (κ2) is 16.3. The number of nitrogen functional groups attached to an aromatic ring is 1. The number of carboxylic acid groups (broad SMARTS) is 1. The molecule has 0 amide bonds. The monoisotopic (exact) mass is 658 g/mol. The number of methoxy groups -OCH3 is 1. The number of hydrogen-bond donors (Lipinski definition) is 4. The zero-order valence-electron chi connectivity index (χ0n) is 26.3. The molecule has 0 aliphatic heterocycles. The van der Waals surface area contributed by atoms with Crippen molar-refractivity contribution in [3.63, 3.8) is 0 Å². The van der Waals surface area contributed by atoms with Gasteiger partial charge in [0.1, 0.15) is 29.7 Å². The number of halogens is 3. The Hall–Kier alpha value is -5.31. The van der Waals surface area contributed by atoms with Crippen molar-refractivity contribution in [2.24, 2.45) is 5.73 Å². The molecule has 47 heavy (non-hydrogen) atoms. The number of nitrogens with one attached hydrogen (secondary N) is 2. The Kier molecular flexibility index (Phi) is 12.5. The molecule has 0 fully saturated rings. The van der Waals surface area contributed by atoms with Crippen LogP contribution in [0, 0.1) is 5.41 Å². The van der Waals surface area contributed by atoms with E-state index >= 15 is 0 Å². The Bertz CT molecular complexity index is 1700. The highest BCUT2D eigenvalue weighted by atomic mass is 19.4. The molecule has 12 nitrogen and oxygen atoms in total. The molecule has 0 saturated carbocycles. The van der Waals surface area contributed by atoms with Crippen LogP contribution in [0.5, 0.6) is 17.2 Å². The van der Waals surface area contributed by atoms with Crippen LogP contribution in [0.4, 0.5) is 13.2 Å². The lowest BCUT2D eigenvalue weighted by molar-refractivity contribution is -0.192. The van der Waals surface area contributed by atoms with E-state index in [1.54, 1.807) is 19.2 Å². The van der Waals surface area contributed by atoms with Crippen molar-refractivity contribution in [2.75, 3.05) is 41.0 Å². The predicted molar refractivity (Wildman–Crippen MR) is 169 cm³/mol. The van der Waals surface area contributed by atoms with Gasteiger partial charge in [-0.3, -0.25) is 10.4 Å². The van der Waals surface area contributed by atoms with Crippen molar-refractivity contribution >= 4 is 11.8 Å². The number of amidine groups is 1. The summed E-state index contributed by atoms with van der Waals surface area (Å²) in [6, 6.07) is 20.6. The fourth-order valence-corrected chi connectivity index (χ4v) is 4.36. The summed E-state index contributed by atoms with van der Waals surface area (Å²) in [5.74, 6) is -0.747. The van der Waals surface area contributed by atoms with Gasteiger partial charge in [0.2, 0.25) is 0 Å². The molecule has 5 N–H and O–H groups in total. The topological polar surface area (TPSA) is 169 Å². The molecule has 1 atom stereocenters. The normalized spacial score (nSPS) is 11.7. The Morgan fingerprint density at radius 3 is 2.30 bits per heavy atom. The molecule has 0 aliphatic rings. The van der Waals surface area contributed by atoms with E-state index in [2.05, 4.69) is 9.88 Å². The summed E-state index contributed by atoms with van der Waals surface area (Å²) in [5, 5.41) is 19.5. The van der Waals surface area contributed by atoms with Gasteiger partial charge in [-0.1, -0.05) is 42.5 Å². The Morgan fingerprint density at radius 2 is 1.72 bits per heavy atom. The first-order valence-corrected chi connectivity index (χ1v) is 14.3. The lowest BCUT2D eigenvalue weighted by atomic mass is 9.90. The summed E-state index contributed by atoms with van der Waals surface area (Å²) in [5.41, 5.74) is 8.36. The molecule has 3 aromatic carbocycles. The van der Waals surface area contributed by atoms with Gasteiger partial charge < -0.3 is 30.0 Å². The van der Waals surface area contributed by atoms with Gasteiger partial charge in [0.25, 0.3) is 0 Å². The standard InChI is InChI=1S/C30H36N6O4.C2HF3O2/c1-5-39-27-19-22(14-15-26(27)40-17-16-35(2)3)23(18-20-10-12-21(13-11-20)28(31)32)29-33-30(37)36(34-29)24-8-6-7-9-25(24)38-4;3-2(4,5)1(6)7/h6-15,19,23H,5,16-18H2,1-4H3,(H3,31,32)(H,33,34,37);(H,6,7). The van der Waals surface area contributed by atoms with E-state index in [1.807, 2.05) is 75.6 Å². The van der Waals surface area contributed by atoms with Gasteiger partial charge in [-0.25, -0.2) is 9.59 Å². The Morgan fingerprint density at radius 1 is 1.06 bits per heavy atom. The third kappa shape index (κ3) is 10.1. The molecule has 15 heteroatoms. The fourth-order valence-electron chi connectivity index (χ4n) is 4.36. The number of alkyl halides is 3. The number of carbonyl (C=O) groups is 1. The van der Waals surface area contributed by atoms with E-state index in [0.717, 1.165) is 17.7 Å². The van der Waals surface area contributed by atoms with Gasteiger partial charge in [0.15, 0.2) is 11.5 Å². The summed E-state index contributed by atoms with van der Waals surface area (Å²) >= 11 is 0. The second-order valence-electron chi connectivity index (χ2n) is 10.4. The predicted octanol–water partition coefficient (Wildman–Crippen LogP) is 4.20. The van der Waals surface area contributed by atoms with Gasteiger partial charge in [-0.05, 0) is 62.8 Å². The van der Waals surface area contributed by atoms with Crippen molar-refractivity contribution in [1.29, 1.82) is 5.41 Å². The number of para-hydroxylation sites is 2. The first-order chi connectivity index (χ1) is 22.2. The van der Waals surface area contributed by atoms with Crippen LogP contribution < -0.4 is 25.6 Å². The molecule has 1 unspecified atom stereocenters. The SMILES string of the molecule is CCOc1cc(C(Cc2ccc(C(=N)N)cc2)c2nn(-c3ccccc3OC)c(=O)[nH]2)ccc1OCCN(C)C.O=C(O)C(F)(F)F. The van der Waals surface area contributed by atoms with Gasteiger partial charge in [0, 0.05) is 18.0 Å². The number of H-pyrrole nitrogens is 1. The van der Waals surface area contributed by atoms with Crippen LogP contribution in [0.2, 0.25) is 0 Å². The lowest BCUT2D eigenvalue weighted by Gasteiger charge is -2.19. The molecular formula is C32H37F3N6O6. The molecule has 0 saturated heterocycles. The Labute approximate surface area is 269 Å². The highest BCUT2D eigenvalue weighted by molar-refractivity contribution is 5.94. The minimum Gasteiger partial charge on any atom is -0.494 e. The van der Waals surface area contributed by atoms with Gasteiger partial charge in [0.05, 0.1) is 13.7 Å². The fraction of sp³-hybridized carbons (Fsp3) is 0.312. The van der Waals surface area contributed by atoms with Crippen LogP contribution in [-0.4, -0.2) is 83.7 Å². The molecule has 0 spiro atoms. The van der Waals surface area contributed by atoms with Crippen molar-refractivity contribution in [3.05, 3.63) is 99.7 Å². The van der Waals surface area contributed by atoms with Crippen molar-refractivity contribution in [2.45, 2.75) is 25.4 Å². The summed E-state index contributed by atoms with van der Waals surface area (Å²) < 4.78 is 50.5. The van der Waals surface area contributed by atoms with Gasteiger partial charge in [-0.15, -0.1) is 5.10 Å². The molecule has 0 aliphatic carbocycles. The Balaban J connectivity index is 0.000000771. The van der Waals surface area contributed by atoms with E-state index in [0.29, 0.717) is 54.0 Å². The maximum Gasteiger partial charge on any atom is 0.490 e. The average Bonchev–Trinajstić information content (AvgIpc) is 3.41. The lowest BCUT2D eigenvalue weighted by Crippen LogP contribution is -2.21. The zero-order chi connectivity index (χ0) is 34.7. The maximum atomic E-state index is 13.1. The van der Waals surface area contributed by atoms with E-state index < -0.39 is 12.1 Å². The van der Waals surface area contributed by atoms with Crippen LogP contribution in [0.15, 0.2) is 71.5 Å². The van der Waals surface area contributed by atoms with E-state index in [1.165, 1.54) is 4.68 Å². The first-order valence-electron chi connectivity index (χ1n) is 14.3. The second-order valence-corrected chi connectivity index (χ2v) is 10.4. The van der Waals surface area contributed by atoms with Gasteiger partial charge >= 0.3 is 17.8 Å². The van der Waals surface area contributed by atoms with Crippen LogP contribution in [0.1, 0.15) is 35.4 Å². The largest absolute Gasteiger partial charge is 0.494 e. The van der Waals surface area contributed by atoms with Crippen molar-refractivity contribution in [3.8, 4) is 22.9 Å². The van der Waals surface area contributed by atoms with E-state index in [4.69, 9.17) is 40.4 Å². The third-order valence-electron chi connectivity index (χ3n) is 6.69. The number of aromatic amines is 1. The summed E-state index contributed by atoms with van der Waals surface area (Å²) in [6.07, 6.45) is -4.55. The maximum absolute atomic E-state index is 13.1. The average molecular weight is 659 g/mol. The zero-order valence-corrected chi connectivity index (χ0v) is 26.3. The van der Waals surface area contributed by atoms with E-state index in [9.17, 15) is 18.0 Å². The molecule has 4 aromatic rings. The molecule has 0 radical (unpaired) electrons. The van der Waals surface area contributed by atoms with E-state index in [-0.39, 0.29) is 17.4 Å². The molecule has 0 bridgehead atoms. The van der Waals surface area contributed by atoms with Crippen molar-refractivity contribution < 1.29 is 37.3 Å². The summed E-state index contributed by atoms with van der Waals surface area (Å²) in [7, 11) is 5.55. The minimum atomic E-state index is -5.08. The molecule has 4 rings (SSSR count). The number of benzene rings is 3. The number of aromatic nitrogens is 3. The number of aliphatic carboxylic acids is 1. The number of nitrogens with two attached hydrogens (primary N) is 1. The summed E-state index contributed by atoms with van der Waals surface area (Å²) in [6.45, 7) is 3.70. The number of rotatable bonds is 13. The minimum absolute atomic E-state index is 0.00851. The number of nitrogens with zero attached hydrogens (tertiary/aromatic N) is 3. The van der Waals surface area contributed by atoms with Crippen LogP contribution in [-0.2, 0) is 11.2 Å². The van der Waals surface area contributed by atoms with Crippen LogP contribution in [0.25, 0.3) is 5.69 Å². The molecule has 252 valence electrons. The first kappa shape index (κ1) is 36.2. The van der Waals surface area contributed by atoms with Gasteiger partial charge in [-0.2, -0.15) is 17.9 Å². The smallest absolute Gasteiger partial charge is 0.490 e. The van der Waals surface area contributed by atoms with Crippen LogP contribution >= 0.6 is 0 Å². The van der Waals surface area contributed by atoms with Crippen molar-refractivity contribution in [1.82, 2.24) is 19.7 Å². The molecular weight excluding hydrogens is 621 g/mol.